The van der Waals surface area contributed by atoms with Crippen molar-refractivity contribution in [2.75, 3.05) is 13.2 Å². The van der Waals surface area contributed by atoms with Crippen LogP contribution in [0.5, 0.6) is 0 Å². The van der Waals surface area contributed by atoms with Crippen LogP contribution in [0.1, 0.15) is 42.6 Å². The summed E-state index contributed by atoms with van der Waals surface area (Å²) in [5.74, 6) is 2.15. The molecular formula is C12H14N4O2. The zero-order chi connectivity index (χ0) is 11.9. The van der Waals surface area contributed by atoms with Crippen LogP contribution in [0, 0.1) is 0 Å². The molecule has 2 aliphatic rings. The second-order valence-electron chi connectivity index (χ2n) is 5.00. The van der Waals surface area contributed by atoms with Crippen molar-refractivity contribution in [2.45, 2.75) is 31.1 Å². The van der Waals surface area contributed by atoms with Crippen molar-refractivity contribution >= 4 is 0 Å². The number of ether oxygens (including phenoxy) is 1. The first kappa shape index (κ1) is 10.3. The molecule has 1 aliphatic carbocycles. The monoisotopic (exact) mass is 246 g/mol. The molecule has 3 heterocycles. The quantitative estimate of drug-likeness (QED) is 0.894. The minimum absolute atomic E-state index is 0.268. The maximum absolute atomic E-state index is 5.33. The summed E-state index contributed by atoms with van der Waals surface area (Å²) in [6.45, 7) is 1.47. The molecule has 1 atom stereocenters. The predicted octanol–water partition coefficient (Wildman–Crippen LogP) is 1.84. The predicted molar refractivity (Wildman–Crippen MR) is 62.0 cm³/mol. The summed E-state index contributed by atoms with van der Waals surface area (Å²) in [6, 6.07) is 2.01. The van der Waals surface area contributed by atoms with Crippen LogP contribution in [0.4, 0.5) is 0 Å². The highest BCUT2D eigenvalue weighted by Gasteiger charge is 2.27. The van der Waals surface area contributed by atoms with Gasteiger partial charge in [-0.3, -0.25) is 5.10 Å². The Morgan fingerprint density at radius 3 is 2.94 bits per heavy atom. The van der Waals surface area contributed by atoms with Gasteiger partial charge in [0, 0.05) is 24.1 Å². The summed E-state index contributed by atoms with van der Waals surface area (Å²) < 4.78 is 10.6. The van der Waals surface area contributed by atoms with Gasteiger partial charge in [0.1, 0.15) is 0 Å². The summed E-state index contributed by atoms with van der Waals surface area (Å²) in [7, 11) is 0. The minimum Gasteiger partial charge on any atom is -0.381 e. The van der Waals surface area contributed by atoms with Crippen molar-refractivity contribution in [1.82, 2.24) is 20.3 Å². The van der Waals surface area contributed by atoms with E-state index in [1.165, 1.54) is 18.5 Å². The lowest BCUT2D eigenvalue weighted by Gasteiger charge is -1.97. The summed E-state index contributed by atoms with van der Waals surface area (Å²) in [5, 5.41) is 11.3. The molecule has 1 saturated carbocycles. The fourth-order valence-corrected chi connectivity index (χ4v) is 2.29. The molecule has 1 unspecified atom stereocenters. The van der Waals surface area contributed by atoms with Gasteiger partial charge in [0.25, 0.3) is 5.89 Å². The van der Waals surface area contributed by atoms with Gasteiger partial charge in [0.05, 0.1) is 6.61 Å². The number of rotatable bonds is 3. The molecule has 6 heteroatoms. The molecule has 2 aromatic rings. The average molecular weight is 246 g/mol. The van der Waals surface area contributed by atoms with Crippen LogP contribution in [0.3, 0.4) is 0 Å². The Kier molecular flexibility index (Phi) is 2.23. The molecule has 0 spiro atoms. The van der Waals surface area contributed by atoms with Crippen LogP contribution < -0.4 is 0 Å². The molecule has 2 fully saturated rings. The molecule has 94 valence electrons. The van der Waals surface area contributed by atoms with Crippen LogP contribution in [0.15, 0.2) is 10.6 Å². The molecule has 0 aromatic carbocycles. The number of H-pyrrole nitrogens is 1. The van der Waals surface area contributed by atoms with Crippen LogP contribution in [0.25, 0.3) is 11.6 Å². The highest BCUT2D eigenvalue weighted by Crippen LogP contribution is 2.39. The Balaban J connectivity index is 1.59. The van der Waals surface area contributed by atoms with E-state index in [4.69, 9.17) is 9.26 Å². The molecule has 18 heavy (non-hydrogen) atoms. The summed E-state index contributed by atoms with van der Waals surface area (Å²) >= 11 is 0. The number of nitrogens with one attached hydrogen (secondary N) is 1. The highest BCUT2D eigenvalue weighted by molar-refractivity contribution is 5.47. The van der Waals surface area contributed by atoms with E-state index < -0.39 is 0 Å². The van der Waals surface area contributed by atoms with Crippen molar-refractivity contribution in [2.24, 2.45) is 0 Å². The van der Waals surface area contributed by atoms with Gasteiger partial charge < -0.3 is 9.26 Å². The molecule has 0 amide bonds. The normalized spacial score (nSPS) is 23.7. The third-order valence-corrected chi connectivity index (χ3v) is 3.57. The van der Waals surface area contributed by atoms with E-state index >= 15 is 0 Å². The lowest BCUT2D eigenvalue weighted by molar-refractivity contribution is 0.192. The Hall–Kier alpha value is -1.69. The molecule has 2 aromatic heterocycles. The molecule has 1 saturated heterocycles. The van der Waals surface area contributed by atoms with E-state index in [1.807, 2.05) is 6.07 Å². The Morgan fingerprint density at radius 1 is 1.22 bits per heavy atom. The maximum atomic E-state index is 5.33. The van der Waals surface area contributed by atoms with Crippen molar-refractivity contribution < 1.29 is 9.26 Å². The van der Waals surface area contributed by atoms with Crippen molar-refractivity contribution in [3.05, 3.63) is 17.6 Å². The largest absolute Gasteiger partial charge is 0.381 e. The van der Waals surface area contributed by atoms with Crippen molar-refractivity contribution in [1.29, 1.82) is 0 Å². The average Bonchev–Trinajstić information content (AvgIpc) is 2.91. The fraction of sp³-hybridized carbons (Fsp3) is 0.583. The van der Waals surface area contributed by atoms with E-state index in [2.05, 4.69) is 20.3 Å². The van der Waals surface area contributed by atoms with Crippen LogP contribution in [0.2, 0.25) is 0 Å². The second-order valence-corrected chi connectivity index (χ2v) is 5.00. The van der Waals surface area contributed by atoms with Gasteiger partial charge in [0.2, 0.25) is 0 Å². The third kappa shape index (κ3) is 1.73. The topological polar surface area (TPSA) is 76.8 Å². The Labute approximate surface area is 104 Å². The SMILES string of the molecule is c1c(-c2nc(C3CCOC3)no2)n[nH]c1C1CC1. The first-order chi connectivity index (χ1) is 8.90. The van der Waals surface area contributed by atoms with E-state index in [1.54, 1.807) is 0 Å². The van der Waals surface area contributed by atoms with Gasteiger partial charge in [-0.1, -0.05) is 5.16 Å². The number of nitrogens with zero attached hydrogens (tertiary/aromatic N) is 3. The lowest BCUT2D eigenvalue weighted by atomic mass is 10.1. The van der Waals surface area contributed by atoms with Gasteiger partial charge in [-0.05, 0) is 25.3 Å². The summed E-state index contributed by atoms with van der Waals surface area (Å²) in [6.07, 6.45) is 3.46. The molecular weight excluding hydrogens is 232 g/mol. The zero-order valence-electron chi connectivity index (χ0n) is 9.93. The van der Waals surface area contributed by atoms with Gasteiger partial charge in [-0.25, -0.2) is 0 Å². The number of aromatic amines is 1. The summed E-state index contributed by atoms with van der Waals surface area (Å²) in [4.78, 5) is 4.42. The zero-order valence-corrected chi connectivity index (χ0v) is 9.93. The molecule has 4 rings (SSSR count). The van der Waals surface area contributed by atoms with Crippen LogP contribution in [-0.2, 0) is 4.74 Å². The van der Waals surface area contributed by atoms with Crippen LogP contribution >= 0.6 is 0 Å². The van der Waals surface area contributed by atoms with E-state index in [0.717, 1.165) is 24.5 Å². The first-order valence-electron chi connectivity index (χ1n) is 6.37. The molecule has 6 nitrogen and oxygen atoms in total. The first-order valence-corrected chi connectivity index (χ1v) is 6.37. The molecule has 1 aliphatic heterocycles. The minimum atomic E-state index is 0.268. The lowest BCUT2D eigenvalue weighted by Crippen LogP contribution is -1.99. The molecule has 0 bridgehead atoms. The smallest absolute Gasteiger partial charge is 0.278 e. The second kappa shape index (κ2) is 3.91. The van der Waals surface area contributed by atoms with Crippen molar-refractivity contribution in [3.63, 3.8) is 0 Å². The van der Waals surface area contributed by atoms with Crippen molar-refractivity contribution in [3.8, 4) is 11.6 Å². The summed E-state index contributed by atoms with van der Waals surface area (Å²) in [5.41, 5.74) is 1.92. The fourth-order valence-electron chi connectivity index (χ4n) is 2.29. The van der Waals surface area contributed by atoms with Gasteiger partial charge in [-0.15, -0.1) is 0 Å². The highest BCUT2D eigenvalue weighted by atomic mass is 16.5. The van der Waals surface area contributed by atoms with E-state index in [-0.39, 0.29) is 5.92 Å². The molecule has 0 radical (unpaired) electrons. The number of hydrogen-bond acceptors (Lipinski definition) is 5. The van der Waals surface area contributed by atoms with E-state index in [0.29, 0.717) is 18.4 Å². The standard InChI is InChI=1S/C12H14N4O2/c1-2-7(1)9-5-10(15-14-9)12-13-11(16-18-12)8-3-4-17-6-8/h5,7-8H,1-4,6H2,(H,14,15). The number of aromatic nitrogens is 4. The molecule has 1 N–H and O–H groups in total. The van der Waals surface area contributed by atoms with Gasteiger partial charge >= 0.3 is 0 Å². The number of hydrogen-bond donors (Lipinski definition) is 1. The Bertz CT molecular complexity index is 552. The maximum Gasteiger partial charge on any atom is 0.278 e. The Morgan fingerprint density at radius 2 is 2.17 bits per heavy atom. The van der Waals surface area contributed by atoms with Gasteiger partial charge in [0.15, 0.2) is 11.5 Å². The van der Waals surface area contributed by atoms with Gasteiger partial charge in [-0.2, -0.15) is 10.1 Å². The third-order valence-electron chi connectivity index (χ3n) is 3.57. The van der Waals surface area contributed by atoms with E-state index in [9.17, 15) is 0 Å². The van der Waals surface area contributed by atoms with Crippen LogP contribution in [-0.4, -0.2) is 33.6 Å².